The zero-order chi connectivity index (χ0) is 12.4. The molecule has 17 heavy (non-hydrogen) atoms. The molecule has 2 N–H and O–H groups in total. The summed E-state index contributed by atoms with van der Waals surface area (Å²) in [5.41, 5.74) is 7.10. The Labute approximate surface area is 109 Å². The van der Waals surface area contributed by atoms with Crippen molar-refractivity contribution in [1.82, 2.24) is 4.98 Å². The molecule has 1 heterocycles. The van der Waals surface area contributed by atoms with Crippen LogP contribution in [0.1, 0.15) is 61.5 Å². The Bertz CT molecular complexity index is 370. The van der Waals surface area contributed by atoms with Crippen molar-refractivity contribution < 1.29 is 0 Å². The van der Waals surface area contributed by atoms with Gasteiger partial charge in [-0.25, -0.2) is 4.98 Å². The van der Waals surface area contributed by atoms with Gasteiger partial charge in [0.05, 0.1) is 10.7 Å². The Morgan fingerprint density at radius 2 is 2.18 bits per heavy atom. The van der Waals surface area contributed by atoms with Gasteiger partial charge in [0.1, 0.15) is 0 Å². The third-order valence-corrected chi connectivity index (χ3v) is 4.91. The highest BCUT2D eigenvalue weighted by Gasteiger charge is 2.26. The number of thiazole rings is 1. The van der Waals surface area contributed by atoms with E-state index < -0.39 is 0 Å². The van der Waals surface area contributed by atoms with E-state index in [0.717, 1.165) is 12.3 Å². The van der Waals surface area contributed by atoms with Crippen molar-refractivity contribution in [3.05, 3.63) is 15.6 Å². The van der Waals surface area contributed by atoms with Gasteiger partial charge in [-0.15, -0.1) is 11.3 Å². The van der Waals surface area contributed by atoms with E-state index in [4.69, 9.17) is 10.7 Å². The highest BCUT2D eigenvalue weighted by molar-refractivity contribution is 7.11. The van der Waals surface area contributed by atoms with Crippen molar-refractivity contribution in [3.8, 4) is 0 Å². The normalized spacial score (nSPS) is 24.8. The fourth-order valence-corrected chi connectivity index (χ4v) is 3.83. The smallest absolute Gasteiger partial charge is 0.0962 e. The zero-order valence-electron chi connectivity index (χ0n) is 11.2. The van der Waals surface area contributed by atoms with E-state index in [1.165, 1.54) is 34.8 Å². The predicted octanol–water partition coefficient (Wildman–Crippen LogP) is 3.70. The molecule has 1 aromatic rings. The largest absolute Gasteiger partial charge is 0.326 e. The molecule has 0 spiro atoms. The fraction of sp³-hybridized carbons (Fsp3) is 0.786. The monoisotopic (exact) mass is 252 g/mol. The van der Waals surface area contributed by atoms with Crippen LogP contribution in [0.2, 0.25) is 0 Å². The summed E-state index contributed by atoms with van der Waals surface area (Å²) in [5.74, 6) is 2.25. The van der Waals surface area contributed by atoms with Crippen LogP contribution in [0.15, 0.2) is 0 Å². The van der Waals surface area contributed by atoms with Crippen molar-refractivity contribution in [2.24, 2.45) is 17.6 Å². The van der Waals surface area contributed by atoms with E-state index in [1.54, 1.807) is 0 Å². The minimum absolute atomic E-state index is 0.655. The van der Waals surface area contributed by atoms with Crippen LogP contribution in [0, 0.1) is 11.8 Å². The summed E-state index contributed by atoms with van der Waals surface area (Å²) in [7, 11) is 0. The number of nitrogens with zero attached hydrogens (tertiary/aromatic N) is 1. The molecule has 0 radical (unpaired) electrons. The molecule has 2 atom stereocenters. The maximum atomic E-state index is 5.84. The van der Waals surface area contributed by atoms with Crippen LogP contribution >= 0.6 is 11.3 Å². The van der Waals surface area contributed by atoms with E-state index in [-0.39, 0.29) is 0 Å². The van der Waals surface area contributed by atoms with E-state index in [2.05, 4.69) is 20.8 Å². The van der Waals surface area contributed by atoms with Gasteiger partial charge in [-0.2, -0.15) is 0 Å². The first-order valence-corrected chi connectivity index (χ1v) is 7.60. The Kier molecular flexibility index (Phi) is 4.21. The lowest BCUT2D eigenvalue weighted by Gasteiger charge is -2.04. The molecule has 1 saturated carbocycles. The number of hydrogen-bond acceptors (Lipinski definition) is 3. The minimum atomic E-state index is 0.655. The van der Waals surface area contributed by atoms with Crippen LogP contribution in [0.5, 0.6) is 0 Å². The molecule has 1 aliphatic carbocycles. The number of aromatic nitrogens is 1. The highest BCUT2D eigenvalue weighted by atomic mass is 32.1. The summed E-state index contributed by atoms with van der Waals surface area (Å²) in [6, 6.07) is 0. The molecule has 2 nitrogen and oxygen atoms in total. The maximum absolute atomic E-state index is 5.84. The Morgan fingerprint density at radius 3 is 2.71 bits per heavy atom. The number of hydrogen-bond donors (Lipinski definition) is 1. The summed E-state index contributed by atoms with van der Waals surface area (Å²) < 4.78 is 0. The summed E-state index contributed by atoms with van der Waals surface area (Å²) in [6.45, 7) is 7.50. The average molecular weight is 252 g/mol. The summed E-state index contributed by atoms with van der Waals surface area (Å²) >= 11 is 1.86. The second-order valence-corrected chi connectivity index (χ2v) is 6.95. The van der Waals surface area contributed by atoms with Crippen LogP contribution in [0.25, 0.3) is 0 Å². The second-order valence-electron chi connectivity index (χ2n) is 5.84. The van der Waals surface area contributed by atoms with Crippen LogP contribution in [-0.4, -0.2) is 4.98 Å². The minimum Gasteiger partial charge on any atom is -0.326 e. The second kappa shape index (κ2) is 5.49. The Hall–Kier alpha value is -0.410. The van der Waals surface area contributed by atoms with E-state index >= 15 is 0 Å². The molecule has 0 bridgehead atoms. The van der Waals surface area contributed by atoms with Gasteiger partial charge < -0.3 is 5.73 Å². The van der Waals surface area contributed by atoms with Crippen molar-refractivity contribution in [3.63, 3.8) is 0 Å². The zero-order valence-corrected chi connectivity index (χ0v) is 12.0. The number of rotatable bonds is 4. The molecule has 0 aromatic carbocycles. The molecule has 1 aromatic heterocycles. The fourth-order valence-electron chi connectivity index (χ4n) is 2.71. The molecule has 3 heteroatoms. The SMILES string of the molecule is CC(C)Cc1nc(C2CCC(C)C2)sc1CN. The lowest BCUT2D eigenvalue weighted by Crippen LogP contribution is -2.02. The van der Waals surface area contributed by atoms with Crippen molar-refractivity contribution in [1.29, 1.82) is 0 Å². The van der Waals surface area contributed by atoms with Gasteiger partial charge in [-0.3, -0.25) is 0 Å². The summed E-state index contributed by atoms with van der Waals surface area (Å²) in [6.07, 6.45) is 5.07. The standard InChI is InChI=1S/C14H24N2S/c1-9(2)6-12-13(8-15)17-14(16-12)11-5-4-10(3)7-11/h9-11H,4-8,15H2,1-3H3. The summed E-state index contributed by atoms with van der Waals surface area (Å²) in [5, 5.41) is 1.35. The molecule has 2 unspecified atom stereocenters. The van der Waals surface area contributed by atoms with Crippen molar-refractivity contribution in [2.75, 3.05) is 0 Å². The van der Waals surface area contributed by atoms with E-state index in [9.17, 15) is 0 Å². The first-order valence-electron chi connectivity index (χ1n) is 6.78. The van der Waals surface area contributed by atoms with Gasteiger partial charge in [0, 0.05) is 17.3 Å². The molecular weight excluding hydrogens is 228 g/mol. The van der Waals surface area contributed by atoms with Crippen molar-refractivity contribution >= 4 is 11.3 Å². The molecule has 2 rings (SSSR count). The number of nitrogens with two attached hydrogens (primary N) is 1. The van der Waals surface area contributed by atoms with E-state index in [0.29, 0.717) is 18.4 Å². The topological polar surface area (TPSA) is 38.9 Å². The van der Waals surface area contributed by atoms with Gasteiger partial charge in [-0.1, -0.05) is 27.2 Å². The molecule has 0 saturated heterocycles. The molecule has 0 aliphatic heterocycles. The van der Waals surface area contributed by atoms with Gasteiger partial charge in [0.15, 0.2) is 0 Å². The van der Waals surface area contributed by atoms with Crippen molar-refractivity contribution in [2.45, 2.75) is 58.9 Å². The van der Waals surface area contributed by atoms with Crippen LogP contribution < -0.4 is 5.73 Å². The maximum Gasteiger partial charge on any atom is 0.0962 e. The third kappa shape index (κ3) is 3.08. The van der Waals surface area contributed by atoms with Gasteiger partial charge in [0.2, 0.25) is 0 Å². The Morgan fingerprint density at radius 1 is 1.41 bits per heavy atom. The molecule has 0 amide bonds. The quantitative estimate of drug-likeness (QED) is 0.887. The third-order valence-electron chi connectivity index (χ3n) is 3.63. The lowest BCUT2D eigenvalue weighted by molar-refractivity contribution is 0.592. The first kappa shape index (κ1) is 13.0. The molecule has 1 fully saturated rings. The van der Waals surface area contributed by atoms with Gasteiger partial charge in [0.25, 0.3) is 0 Å². The van der Waals surface area contributed by atoms with Crippen LogP contribution in [0.4, 0.5) is 0 Å². The predicted molar refractivity (Wildman–Crippen MR) is 74.3 cm³/mol. The van der Waals surface area contributed by atoms with Crippen LogP contribution in [-0.2, 0) is 13.0 Å². The molecule has 96 valence electrons. The molecule has 1 aliphatic rings. The summed E-state index contributed by atoms with van der Waals surface area (Å²) in [4.78, 5) is 6.19. The Balaban J connectivity index is 2.15. The van der Waals surface area contributed by atoms with Gasteiger partial charge in [-0.05, 0) is 31.1 Å². The first-order chi connectivity index (χ1) is 8.10. The highest BCUT2D eigenvalue weighted by Crippen LogP contribution is 2.40. The lowest BCUT2D eigenvalue weighted by atomic mass is 10.1. The molecular formula is C14H24N2S. The van der Waals surface area contributed by atoms with Gasteiger partial charge >= 0.3 is 0 Å². The average Bonchev–Trinajstić information content (AvgIpc) is 2.83. The van der Waals surface area contributed by atoms with E-state index in [1.807, 2.05) is 11.3 Å². The van der Waals surface area contributed by atoms with Crippen LogP contribution in [0.3, 0.4) is 0 Å².